The number of esters is 1. The van der Waals surface area contributed by atoms with Crippen LogP contribution >= 0.6 is 0 Å². The minimum Gasteiger partial charge on any atom is -0.460 e. The molecular weight excluding hydrogens is 230 g/mol. The van der Waals surface area contributed by atoms with Crippen molar-refractivity contribution in [2.75, 3.05) is 19.7 Å². The Bertz CT molecular complexity index is 309. The third kappa shape index (κ3) is 6.45. The Morgan fingerprint density at radius 2 is 2.11 bits per heavy atom. The van der Waals surface area contributed by atoms with E-state index >= 15 is 0 Å². The molecule has 18 heavy (non-hydrogen) atoms. The molecule has 0 fully saturated rings. The van der Waals surface area contributed by atoms with Crippen LogP contribution < -0.4 is 5.32 Å². The molecule has 0 atom stereocenters. The lowest BCUT2D eigenvalue weighted by atomic mass is 10.2. The number of hydrogen-bond acceptors (Lipinski definition) is 4. The van der Waals surface area contributed by atoms with Gasteiger partial charge in [-0.1, -0.05) is 13.3 Å². The van der Waals surface area contributed by atoms with E-state index in [1.807, 2.05) is 0 Å². The smallest absolute Gasteiger partial charge is 0.374 e. The van der Waals surface area contributed by atoms with E-state index in [1.165, 1.54) is 19.1 Å². The van der Waals surface area contributed by atoms with Crippen LogP contribution in [0.5, 0.6) is 0 Å². The van der Waals surface area contributed by atoms with Crippen molar-refractivity contribution in [3.05, 3.63) is 24.2 Å². The van der Waals surface area contributed by atoms with Gasteiger partial charge in [-0.15, -0.1) is 0 Å². The van der Waals surface area contributed by atoms with Crippen LogP contribution in [0.1, 0.15) is 49.6 Å². The highest BCUT2D eigenvalue weighted by Gasteiger charge is 2.08. The fourth-order valence-electron chi connectivity index (χ4n) is 1.59. The molecule has 4 heteroatoms. The summed E-state index contributed by atoms with van der Waals surface area (Å²) in [6.45, 7) is 4.81. The number of unbranched alkanes of at least 4 members (excludes halogenated alkanes) is 3. The van der Waals surface area contributed by atoms with E-state index in [9.17, 15) is 4.79 Å². The third-order valence-corrected chi connectivity index (χ3v) is 2.66. The molecule has 1 aromatic rings. The second-order valence-corrected chi connectivity index (χ2v) is 4.28. The van der Waals surface area contributed by atoms with Gasteiger partial charge in [0.15, 0.2) is 0 Å². The first kappa shape index (κ1) is 14.8. The summed E-state index contributed by atoms with van der Waals surface area (Å²) in [5.74, 6) is -0.0997. The molecule has 0 aliphatic heterocycles. The van der Waals surface area contributed by atoms with E-state index in [0.717, 1.165) is 32.4 Å². The largest absolute Gasteiger partial charge is 0.460 e. The van der Waals surface area contributed by atoms with E-state index in [-0.39, 0.29) is 11.7 Å². The van der Waals surface area contributed by atoms with Gasteiger partial charge in [0.05, 0.1) is 12.9 Å². The summed E-state index contributed by atoms with van der Waals surface area (Å²) in [6, 6.07) is 3.29. The van der Waals surface area contributed by atoms with Crippen molar-refractivity contribution in [3.63, 3.8) is 0 Å². The highest BCUT2D eigenvalue weighted by atomic mass is 16.5. The maximum absolute atomic E-state index is 11.4. The number of hydrogen-bond donors (Lipinski definition) is 1. The minimum atomic E-state index is -0.374. The minimum absolute atomic E-state index is 0.274. The second-order valence-electron chi connectivity index (χ2n) is 4.28. The maximum Gasteiger partial charge on any atom is 0.374 e. The number of rotatable bonds is 10. The lowest BCUT2D eigenvalue weighted by Crippen LogP contribution is -2.16. The van der Waals surface area contributed by atoms with Crippen molar-refractivity contribution in [3.8, 4) is 0 Å². The van der Waals surface area contributed by atoms with Crippen molar-refractivity contribution in [2.24, 2.45) is 0 Å². The summed E-state index contributed by atoms with van der Waals surface area (Å²) in [5.41, 5.74) is 0. The molecule has 4 nitrogen and oxygen atoms in total. The standard InChI is InChI=1S/C14H23NO3/c1-2-3-9-15-10-5-4-6-11-18-14(16)13-8-7-12-17-13/h7-8,12,15H,2-6,9-11H2,1H3. The Labute approximate surface area is 109 Å². The van der Waals surface area contributed by atoms with Crippen LogP contribution in [-0.4, -0.2) is 25.7 Å². The van der Waals surface area contributed by atoms with Crippen LogP contribution in [0.2, 0.25) is 0 Å². The Kier molecular flexibility index (Phi) is 7.97. The van der Waals surface area contributed by atoms with Gasteiger partial charge in [0.25, 0.3) is 0 Å². The summed E-state index contributed by atoms with van der Waals surface area (Å²) in [4.78, 5) is 11.4. The molecule has 0 spiro atoms. The number of carbonyl (C=O) groups excluding carboxylic acids is 1. The average Bonchev–Trinajstić information content (AvgIpc) is 2.90. The van der Waals surface area contributed by atoms with Crippen LogP contribution in [0.15, 0.2) is 22.8 Å². The summed E-state index contributed by atoms with van der Waals surface area (Å²) in [6.07, 6.45) is 7.05. The third-order valence-electron chi connectivity index (χ3n) is 2.66. The first-order chi connectivity index (χ1) is 8.84. The van der Waals surface area contributed by atoms with Crippen molar-refractivity contribution in [1.29, 1.82) is 0 Å². The summed E-state index contributed by atoms with van der Waals surface area (Å²) in [7, 11) is 0. The highest BCUT2D eigenvalue weighted by molar-refractivity contribution is 5.86. The summed E-state index contributed by atoms with van der Waals surface area (Å²) >= 11 is 0. The predicted octanol–water partition coefficient (Wildman–Crippen LogP) is 3.00. The molecule has 0 aliphatic rings. The number of ether oxygens (including phenoxy) is 1. The first-order valence-electron chi connectivity index (χ1n) is 6.76. The lowest BCUT2D eigenvalue weighted by Gasteiger charge is -2.04. The van der Waals surface area contributed by atoms with Gasteiger partial charge in [-0.3, -0.25) is 0 Å². The van der Waals surface area contributed by atoms with E-state index in [2.05, 4.69) is 12.2 Å². The topological polar surface area (TPSA) is 51.5 Å². The zero-order valence-electron chi connectivity index (χ0n) is 11.1. The average molecular weight is 253 g/mol. The molecule has 1 rings (SSSR count). The van der Waals surface area contributed by atoms with Gasteiger partial charge < -0.3 is 14.5 Å². The number of nitrogens with one attached hydrogen (secondary N) is 1. The van der Waals surface area contributed by atoms with E-state index in [1.54, 1.807) is 12.1 Å². The molecule has 0 saturated heterocycles. The van der Waals surface area contributed by atoms with Crippen LogP contribution in [0.25, 0.3) is 0 Å². The fraction of sp³-hybridized carbons (Fsp3) is 0.643. The molecule has 0 aliphatic carbocycles. The zero-order valence-corrected chi connectivity index (χ0v) is 11.1. The normalized spacial score (nSPS) is 10.5. The maximum atomic E-state index is 11.4. The van der Waals surface area contributed by atoms with Crippen molar-refractivity contribution < 1.29 is 13.9 Å². The quantitative estimate of drug-likeness (QED) is 0.514. The molecule has 0 unspecified atom stereocenters. The summed E-state index contributed by atoms with van der Waals surface area (Å²) < 4.78 is 10.0. The van der Waals surface area contributed by atoms with Gasteiger partial charge >= 0.3 is 5.97 Å². The monoisotopic (exact) mass is 253 g/mol. The van der Waals surface area contributed by atoms with Gasteiger partial charge in [-0.25, -0.2) is 4.79 Å². The van der Waals surface area contributed by atoms with Crippen molar-refractivity contribution in [1.82, 2.24) is 5.32 Å². The number of furan rings is 1. The Hall–Kier alpha value is -1.29. The highest BCUT2D eigenvalue weighted by Crippen LogP contribution is 2.03. The van der Waals surface area contributed by atoms with Crippen molar-refractivity contribution >= 4 is 5.97 Å². The molecule has 0 amide bonds. The first-order valence-corrected chi connectivity index (χ1v) is 6.76. The molecule has 0 bridgehead atoms. The fourth-order valence-corrected chi connectivity index (χ4v) is 1.59. The molecule has 0 radical (unpaired) electrons. The molecule has 0 aromatic carbocycles. The van der Waals surface area contributed by atoms with Crippen LogP contribution in [0.4, 0.5) is 0 Å². The Morgan fingerprint density at radius 3 is 2.83 bits per heavy atom. The van der Waals surface area contributed by atoms with E-state index in [0.29, 0.717) is 6.61 Å². The Balaban J connectivity index is 1.88. The molecule has 102 valence electrons. The molecule has 1 heterocycles. The molecule has 1 aromatic heterocycles. The predicted molar refractivity (Wildman–Crippen MR) is 70.6 cm³/mol. The molecule has 1 N–H and O–H groups in total. The van der Waals surface area contributed by atoms with Crippen LogP contribution in [0, 0.1) is 0 Å². The summed E-state index contributed by atoms with van der Waals surface area (Å²) in [5, 5.41) is 3.39. The van der Waals surface area contributed by atoms with Gasteiger partial charge in [-0.2, -0.15) is 0 Å². The van der Waals surface area contributed by atoms with Crippen LogP contribution in [0.3, 0.4) is 0 Å². The van der Waals surface area contributed by atoms with Crippen molar-refractivity contribution in [2.45, 2.75) is 39.0 Å². The van der Waals surface area contributed by atoms with Crippen LogP contribution in [-0.2, 0) is 4.74 Å². The van der Waals surface area contributed by atoms with Gasteiger partial charge in [0.2, 0.25) is 5.76 Å². The molecule has 0 saturated carbocycles. The van der Waals surface area contributed by atoms with Gasteiger partial charge in [0, 0.05) is 0 Å². The van der Waals surface area contributed by atoms with Gasteiger partial charge in [0.1, 0.15) is 0 Å². The number of carbonyl (C=O) groups is 1. The van der Waals surface area contributed by atoms with Gasteiger partial charge in [-0.05, 0) is 50.9 Å². The SMILES string of the molecule is CCCCNCCCCCOC(=O)c1ccco1. The lowest BCUT2D eigenvalue weighted by molar-refractivity contribution is 0.0461. The molecular formula is C14H23NO3. The second kappa shape index (κ2) is 9.71. The Morgan fingerprint density at radius 1 is 1.28 bits per heavy atom. The van der Waals surface area contributed by atoms with E-state index < -0.39 is 0 Å². The zero-order chi connectivity index (χ0) is 13.1. The van der Waals surface area contributed by atoms with E-state index in [4.69, 9.17) is 9.15 Å².